The zero-order chi connectivity index (χ0) is 19.6. The molecule has 2 heterocycles. The summed E-state index contributed by atoms with van der Waals surface area (Å²) in [6.07, 6.45) is 1.34. The molecule has 0 aliphatic carbocycles. The molecule has 10 nitrogen and oxygen atoms in total. The molecule has 0 atom stereocenters. The summed E-state index contributed by atoms with van der Waals surface area (Å²) in [5, 5.41) is 3.12. The van der Waals surface area contributed by atoms with Crippen molar-refractivity contribution in [1.82, 2.24) is 29.5 Å². The van der Waals surface area contributed by atoms with Gasteiger partial charge in [0, 0.05) is 19.8 Å². The molecule has 0 aliphatic heterocycles. The van der Waals surface area contributed by atoms with Crippen molar-refractivity contribution in [3.05, 3.63) is 57.5 Å². The van der Waals surface area contributed by atoms with Gasteiger partial charge >= 0.3 is 5.69 Å². The average molecular weight is 387 g/mol. The van der Waals surface area contributed by atoms with Crippen molar-refractivity contribution in [1.29, 1.82) is 0 Å². The molecule has 3 aromatic rings. The Morgan fingerprint density at radius 3 is 2.52 bits per heavy atom. The minimum absolute atomic E-state index is 0.166. The summed E-state index contributed by atoms with van der Waals surface area (Å²) in [5.74, 6) is -0.442. The summed E-state index contributed by atoms with van der Waals surface area (Å²) >= 11 is 5.10. The van der Waals surface area contributed by atoms with Crippen molar-refractivity contribution in [2.24, 2.45) is 14.1 Å². The standard InChI is InChI=1S/C16H17N7O3S/c1-21-13-12(14(25)22(2)16(21)26)23(9-17-13)8-11(24)19-20-15(27)18-10-6-4-3-5-7-10/h3-7,9H,8H2,1-2H3,(H,19,24)(H2,18,20,27). The first-order chi connectivity index (χ1) is 12.9. The summed E-state index contributed by atoms with van der Waals surface area (Å²) in [5.41, 5.74) is 5.18. The molecule has 0 bridgehead atoms. The quantitative estimate of drug-likeness (QED) is 0.408. The third kappa shape index (κ3) is 3.72. The second-order valence-corrected chi connectivity index (χ2v) is 6.15. The molecule has 3 rings (SSSR count). The molecule has 0 saturated heterocycles. The summed E-state index contributed by atoms with van der Waals surface area (Å²) < 4.78 is 3.60. The van der Waals surface area contributed by atoms with Crippen molar-refractivity contribution in [3.63, 3.8) is 0 Å². The number of thiocarbonyl (C=S) groups is 1. The van der Waals surface area contributed by atoms with Crippen LogP contribution in [0.2, 0.25) is 0 Å². The number of rotatable bonds is 3. The maximum Gasteiger partial charge on any atom is 0.332 e. The molecular weight excluding hydrogens is 370 g/mol. The van der Waals surface area contributed by atoms with Crippen LogP contribution in [0.1, 0.15) is 0 Å². The van der Waals surface area contributed by atoms with Gasteiger partial charge in [-0.3, -0.25) is 29.6 Å². The van der Waals surface area contributed by atoms with Crippen molar-refractivity contribution in [2.45, 2.75) is 6.54 Å². The van der Waals surface area contributed by atoms with Crippen LogP contribution in [-0.4, -0.2) is 29.7 Å². The van der Waals surface area contributed by atoms with Crippen LogP contribution in [0.25, 0.3) is 11.2 Å². The number of imidazole rings is 1. The lowest BCUT2D eigenvalue weighted by atomic mass is 10.3. The van der Waals surface area contributed by atoms with Crippen molar-refractivity contribution in [3.8, 4) is 0 Å². The number of para-hydroxylation sites is 1. The van der Waals surface area contributed by atoms with E-state index < -0.39 is 17.2 Å². The van der Waals surface area contributed by atoms with Crippen LogP contribution in [0.5, 0.6) is 0 Å². The summed E-state index contributed by atoms with van der Waals surface area (Å²) in [6, 6.07) is 9.23. The Morgan fingerprint density at radius 2 is 1.81 bits per heavy atom. The number of aryl methyl sites for hydroxylation is 1. The zero-order valence-corrected chi connectivity index (χ0v) is 15.4. The Hall–Kier alpha value is -3.47. The van der Waals surface area contributed by atoms with Crippen molar-refractivity contribution in [2.75, 3.05) is 5.32 Å². The Bertz CT molecular complexity index is 1130. The molecule has 2 aromatic heterocycles. The van der Waals surface area contributed by atoms with Crippen molar-refractivity contribution < 1.29 is 4.79 Å². The van der Waals surface area contributed by atoms with Gasteiger partial charge in [0.25, 0.3) is 11.5 Å². The van der Waals surface area contributed by atoms with Gasteiger partial charge in [0.2, 0.25) is 0 Å². The van der Waals surface area contributed by atoms with Crippen LogP contribution in [0.3, 0.4) is 0 Å². The van der Waals surface area contributed by atoms with E-state index in [4.69, 9.17) is 12.2 Å². The first-order valence-corrected chi connectivity index (χ1v) is 8.31. The first-order valence-electron chi connectivity index (χ1n) is 7.90. The number of hydrazine groups is 1. The zero-order valence-electron chi connectivity index (χ0n) is 14.6. The molecule has 0 saturated carbocycles. The third-order valence-corrected chi connectivity index (χ3v) is 4.08. The molecule has 0 aliphatic rings. The molecule has 1 amide bonds. The van der Waals surface area contributed by atoms with Gasteiger partial charge in [0.1, 0.15) is 6.54 Å². The Labute approximate surface area is 158 Å². The first kappa shape index (κ1) is 18.3. The Kier molecular flexibility index (Phi) is 5.03. The molecule has 0 fully saturated rings. The van der Waals surface area contributed by atoms with E-state index >= 15 is 0 Å². The number of carbonyl (C=O) groups excluding carboxylic acids is 1. The molecule has 0 spiro atoms. The van der Waals surface area contributed by atoms with E-state index in [9.17, 15) is 14.4 Å². The lowest BCUT2D eigenvalue weighted by Gasteiger charge is -2.12. The molecule has 0 radical (unpaired) electrons. The minimum atomic E-state index is -0.521. The highest BCUT2D eigenvalue weighted by molar-refractivity contribution is 7.80. The minimum Gasteiger partial charge on any atom is -0.331 e. The van der Waals surface area contributed by atoms with Crippen LogP contribution in [0.4, 0.5) is 5.69 Å². The van der Waals surface area contributed by atoms with E-state index in [0.717, 1.165) is 10.3 Å². The largest absolute Gasteiger partial charge is 0.332 e. The summed E-state index contributed by atoms with van der Waals surface area (Å²) in [4.78, 5) is 40.5. The highest BCUT2D eigenvalue weighted by atomic mass is 32.1. The van der Waals surface area contributed by atoms with E-state index in [2.05, 4.69) is 21.2 Å². The SMILES string of the molecule is Cn1c(=O)c2c(ncn2CC(=O)NNC(=S)Nc2ccccc2)n(C)c1=O. The Balaban J connectivity index is 1.69. The summed E-state index contributed by atoms with van der Waals surface area (Å²) in [6.45, 7) is -0.176. The molecule has 0 unspecified atom stereocenters. The Morgan fingerprint density at radius 1 is 1.11 bits per heavy atom. The number of carbonyl (C=O) groups is 1. The van der Waals surface area contributed by atoms with Crippen LogP contribution in [0, 0.1) is 0 Å². The fraction of sp³-hybridized carbons (Fsp3) is 0.188. The number of nitrogens with zero attached hydrogens (tertiary/aromatic N) is 4. The number of benzene rings is 1. The van der Waals surface area contributed by atoms with Gasteiger partial charge < -0.3 is 9.88 Å². The molecule has 140 valence electrons. The second kappa shape index (κ2) is 7.41. The number of aromatic nitrogens is 4. The van der Waals surface area contributed by atoms with Gasteiger partial charge in [-0.15, -0.1) is 0 Å². The maximum absolute atomic E-state index is 12.3. The number of fused-ring (bicyclic) bond motifs is 1. The van der Waals surface area contributed by atoms with Crippen LogP contribution in [-0.2, 0) is 25.4 Å². The highest BCUT2D eigenvalue weighted by Crippen LogP contribution is 2.05. The predicted molar refractivity (Wildman–Crippen MR) is 104 cm³/mol. The maximum atomic E-state index is 12.3. The van der Waals surface area contributed by atoms with Crippen LogP contribution < -0.4 is 27.4 Å². The third-order valence-electron chi connectivity index (χ3n) is 3.88. The highest BCUT2D eigenvalue weighted by Gasteiger charge is 2.15. The molecule has 11 heteroatoms. The number of hydrogen-bond donors (Lipinski definition) is 3. The number of anilines is 1. The predicted octanol–water partition coefficient (Wildman–Crippen LogP) is -0.548. The molecule has 3 N–H and O–H groups in total. The van der Waals surface area contributed by atoms with E-state index in [0.29, 0.717) is 0 Å². The fourth-order valence-corrected chi connectivity index (χ4v) is 2.69. The average Bonchev–Trinajstić information content (AvgIpc) is 3.07. The van der Waals surface area contributed by atoms with Crippen LogP contribution in [0.15, 0.2) is 46.2 Å². The van der Waals surface area contributed by atoms with Gasteiger partial charge in [-0.1, -0.05) is 18.2 Å². The van der Waals surface area contributed by atoms with Gasteiger partial charge in [0.15, 0.2) is 16.3 Å². The number of hydrogen-bond acceptors (Lipinski definition) is 5. The molecule has 27 heavy (non-hydrogen) atoms. The van der Waals surface area contributed by atoms with Gasteiger partial charge in [-0.05, 0) is 24.4 Å². The normalized spacial score (nSPS) is 10.6. The molecule has 1 aromatic carbocycles. The molecular formula is C16H17N7O3S. The smallest absolute Gasteiger partial charge is 0.331 e. The fourth-order valence-electron chi connectivity index (χ4n) is 2.52. The topological polar surface area (TPSA) is 115 Å². The summed E-state index contributed by atoms with van der Waals surface area (Å²) in [7, 11) is 2.88. The van der Waals surface area contributed by atoms with Gasteiger partial charge in [-0.2, -0.15) is 0 Å². The second-order valence-electron chi connectivity index (χ2n) is 5.74. The van der Waals surface area contributed by atoms with E-state index in [1.807, 2.05) is 30.3 Å². The number of nitrogens with one attached hydrogen (secondary N) is 3. The lowest BCUT2D eigenvalue weighted by Crippen LogP contribution is -2.45. The van der Waals surface area contributed by atoms with Gasteiger partial charge in [-0.25, -0.2) is 9.78 Å². The number of amides is 1. The lowest BCUT2D eigenvalue weighted by molar-refractivity contribution is -0.122. The monoisotopic (exact) mass is 387 g/mol. The van der Waals surface area contributed by atoms with Gasteiger partial charge in [0.05, 0.1) is 6.33 Å². The van der Waals surface area contributed by atoms with E-state index in [1.54, 1.807) is 0 Å². The van der Waals surface area contributed by atoms with E-state index in [1.165, 1.54) is 29.6 Å². The van der Waals surface area contributed by atoms with Crippen molar-refractivity contribution >= 4 is 40.1 Å². The van der Waals surface area contributed by atoms with E-state index in [-0.39, 0.29) is 22.8 Å². The van der Waals surface area contributed by atoms with Crippen LogP contribution >= 0.6 is 12.2 Å².